The van der Waals surface area contributed by atoms with Gasteiger partial charge in [-0.15, -0.1) is 0 Å². The summed E-state index contributed by atoms with van der Waals surface area (Å²) < 4.78 is 5.40. The van der Waals surface area contributed by atoms with E-state index in [0.29, 0.717) is 18.1 Å². The summed E-state index contributed by atoms with van der Waals surface area (Å²) in [6.07, 6.45) is 1.45. The van der Waals surface area contributed by atoms with Gasteiger partial charge in [-0.3, -0.25) is 4.79 Å². The summed E-state index contributed by atoms with van der Waals surface area (Å²) in [7, 11) is 0. The van der Waals surface area contributed by atoms with Crippen LogP contribution in [0.3, 0.4) is 0 Å². The van der Waals surface area contributed by atoms with Crippen molar-refractivity contribution in [3.63, 3.8) is 0 Å². The lowest BCUT2D eigenvalue weighted by Gasteiger charge is -2.27. The lowest BCUT2D eigenvalue weighted by atomic mass is 9.83. The van der Waals surface area contributed by atoms with Gasteiger partial charge in [-0.05, 0) is 37.3 Å². The maximum atomic E-state index is 12.4. The highest BCUT2D eigenvalue weighted by molar-refractivity contribution is 5.84. The smallest absolute Gasteiger partial charge is 0.140 e. The Balaban J connectivity index is 2.08. The summed E-state index contributed by atoms with van der Waals surface area (Å²) in [6.45, 7) is 7.72. The highest BCUT2D eigenvalue weighted by atomic mass is 16.5. The van der Waals surface area contributed by atoms with Gasteiger partial charge in [-0.2, -0.15) is 0 Å². The minimum absolute atomic E-state index is 0.179. The second-order valence-electron chi connectivity index (χ2n) is 5.52. The molecule has 18 heavy (non-hydrogen) atoms. The molecule has 1 saturated heterocycles. The van der Waals surface area contributed by atoms with E-state index in [9.17, 15) is 4.79 Å². The number of aryl methyl sites for hydroxylation is 2. The predicted molar refractivity (Wildman–Crippen MR) is 72.7 cm³/mol. The van der Waals surface area contributed by atoms with Crippen LogP contribution in [0.15, 0.2) is 18.2 Å². The number of benzene rings is 1. The van der Waals surface area contributed by atoms with Gasteiger partial charge in [0.25, 0.3) is 0 Å². The molecule has 2 heteroatoms. The quantitative estimate of drug-likeness (QED) is 0.819. The minimum atomic E-state index is 0.179. The van der Waals surface area contributed by atoms with E-state index >= 15 is 0 Å². The summed E-state index contributed by atoms with van der Waals surface area (Å²) in [6, 6.07) is 6.34. The molecule has 0 aliphatic carbocycles. The van der Waals surface area contributed by atoms with Crippen molar-refractivity contribution in [2.45, 2.75) is 33.6 Å². The second-order valence-corrected chi connectivity index (χ2v) is 5.52. The van der Waals surface area contributed by atoms with E-state index < -0.39 is 0 Å². The third-order valence-corrected chi connectivity index (χ3v) is 3.92. The van der Waals surface area contributed by atoms with Crippen molar-refractivity contribution in [3.8, 4) is 0 Å². The zero-order valence-electron chi connectivity index (χ0n) is 11.5. The number of Topliss-reactive ketones (excluding diaryl/α,β-unsaturated/α-hetero) is 1. The van der Waals surface area contributed by atoms with Gasteiger partial charge in [0.05, 0.1) is 0 Å². The summed E-state index contributed by atoms with van der Waals surface area (Å²) >= 11 is 0. The monoisotopic (exact) mass is 246 g/mol. The number of ether oxygens (including phenoxy) is 1. The van der Waals surface area contributed by atoms with Crippen LogP contribution < -0.4 is 0 Å². The molecule has 0 amide bonds. The van der Waals surface area contributed by atoms with Crippen LogP contribution in [0.2, 0.25) is 0 Å². The van der Waals surface area contributed by atoms with Gasteiger partial charge in [-0.1, -0.05) is 30.7 Å². The van der Waals surface area contributed by atoms with Crippen LogP contribution in [0.25, 0.3) is 0 Å². The summed E-state index contributed by atoms with van der Waals surface area (Å²) in [5, 5.41) is 0. The fourth-order valence-electron chi connectivity index (χ4n) is 2.67. The van der Waals surface area contributed by atoms with Crippen LogP contribution in [0.4, 0.5) is 0 Å². The van der Waals surface area contributed by atoms with Crippen LogP contribution in [-0.2, 0) is 16.0 Å². The van der Waals surface area contributed by atoms with E-state index in [4.69, 9.17) is 4.74 Å². The molecule has 0 aromatic heterocycles. The van der Waals surface area contributed by atoms with Crippen LogP contribution in [0.5, 0.6) is 0 Å². The molecule has 1 aromatic rings. The molecule has 1 aromatic carbocycles. The van der Waals surface area contributed by atoms with E-state index in [1.165, 1.54) is 16.7 Å². The molecule has 0 spiro atoms. The molecule has 1 heterocycles. The standard InChI is InChI=1S/C16H22O2/c1-11-4-5-12(2)14(8-11)9-16(17)15-6-7-18-10-13(15)3/h4-5,8,13,15H,6-7,9-10H2,1-3H3. The molecule has 0 radical (unpaired) electrons. The number of carbonyl (C=O) groups excluding carboxylic acids is 1. The van der Waals surface area contributed by atoms with Crippen molar-refractivity contribution in [1.29, 1.82) is 0 Å². The molecule has 1 aliphatic rings. The van der Waals surface area contributed by atoms with Crippen LogP contribution >= 0.6 is 0 Å². The fourth-order valence-corrected chi connectivity index (χ4v) is 2.67. The maximum Gasteiger partial charge on any atom is 0.140 e. The molecule has 2 unspecified atom stereocenters. The van der Waals surface area contributed by atoms with E-state index in [0.717, 1.165) is 19.6 Å². The molecule has 2 rings (SSSR count). The molecule has 2 atom stereocenters. The zero-order valence-corrected chi connectivity index (χ0v) is 11.5. The van der Waals surface area contributed by atoms with Crippen molar-refractivity contribution >= 4 is 5.78 Å². The Kier molecular flexibility index (Phi) is 4.18. The van der Waals surface area contributed by atoms with Gasteiger partial charge in [0, 0.05) is 25.6 Å². The SMILES string of the molecule is Cc1ccc(C)c(CC(=O)C2CCOCC2C)c1. The molecule has 1 fully saturated rings. The molecular formula is C16H22O2. The molecule has 0 bridgehead atoms. The number of carbonyl (C=O) groups is 1. The Morgan fingerprint density at radius 1 is 1.39 bits per heavy atom. The summed E-state index contributed by atoms with van der Waals surface area (Å²) in [4.78, 5) is 12.4. The average Bonchev–Trinajstić information content (AvgIpc) is 2.34. The Bertz CT molecular complexity index is 437. The van der Waals surface area contributed by atoms with E-state index in [1.54, 1.807) is 0 Å². The van der Waals surface area contributed by atoms with Crippen molar-refractivity contribution in [3.05, 3.63) is 34.9 Å². The third-order valence-electron chi connectivity index (χ3n) is 3.92. The van der Waals surface area contributed by atoms with Gasteiger partial charge in [0.1, 0.15) is 5.78 Å². The summed E-state index contributed by atoms with van der Waals surface area (Å²) in [5.74, 6) is 0.912. The predicted octanol–water partition coefficient (Wildman–Crippen LogP) is 3.09. The normalized spacial score (nSPS) is 23.9. The summed E-state index contributed by atoms with van der Waals surface area (Å²) in [5.41, 5.74) is 3.62. The molecular weight excluding hydrogens is 224 g/mol. The number of hydrogen-bond donors (Lipinski definition) is 0. The Hall–Kier alpha value is -1.15. The first-order chi connectivity index (χ1) is 8.58. The molecule has 2 nitrogen and oxygen atoms in total. The van der Waals surface area contributed by atoms with Crippen LogP contribution in [0, 0.1) is 25.7 Å². The number of ketones is 1. The second kappa shape index (κ2) is 5.66. The highest BCUT2D eigenvalue weighted by Gasteiger charge is 2.28. The Labute approximate surface area is 109 Å². The first-order valence-electron chi connectivity index (χ1n) is 6.74. The maximum absolute atomic E-state index is 12.4. The third kappa shape index (κ3) is 2.99. The Morgan fingerprint density at radius 2 is 2.17 bits per heavy atom. The number of hydrogen-bond acceptors (Lipinski definition) is 2. The van der Waals surface area contributed by atoms with Crippen molar-refractivity contribution in [1.82, 2.24) is 0 Å². The van der Waals surface area contributed by atoms with Gasteiger partial charge >= 0.3 is 0 Å². The van der Waals surface area contributed by atoms with E-state index in [2.05, 4.69) is 39.0 Å². The first-order valence-corrected chi connectivity index (χ1v) is 6.74. The molecule has 1 aliphatic heterocycles. The molecule has 0 N–H and O–H groups in total. The minimum Gasteiger partial charge on any atom is -0.381 e. The van der Waals surface area contributed by atoms with E-state index in [-0.39, 0.29) is 5.92 Å². The largest absolute Gasteiger partial charge is 0.381 e. The lowest BCUT2D eigenvalue weighted by molar-refractivity contribution is -0.127. The van der Waals surface area contributed by atoms with Gasteiger partial charge in [0.2, 0.25) is 0 Å². The molecule has 0 saturated carbocycles. The highest BCUT2D eigenvalue weighted by Crippen LogP contribution is 2.24. The lowest BCUT2D eigenvalue weighted by Crippen LogP contribution is -2.32. The fraction of sp³-hybridized carbons (Fsp3) is 0.562. The van der Waals surface area contributed by atoms with Crippen molar-refractivity contribution < 1.29 is 9.53 Å². The topological polar surface area (TPSA) is 26.3 Å². The first kappa shape index (κ1) is 13.3. The van der Waals surface area contributed by atoms with Crippen LogP contribution in [-0.4, -0.2) is 19.0 Å². The Morgan fingerprint density at radius 3 is 2.89 bits per heavy atom. The average molecular weight is 246 g/mol. The van der Waals surface area contributed by atoms with Gasteiger partial charge in [0.15, 0.2) is 0 Å². The van der Waals surface area contributed by atoms with Crippen molar-refractivity contribution in [2.75, 3.05) is 13.2 Å². The van der Waals surface area contributed by atoms with Crippen molar-refractivity contribution in [2.24, 2.45) is 11.8 Å². The molecule has 98 valence electrons. The van der Waals surface area contributed by atoms with Gasteiger partial charge in [-0.25, -0.2) is 0 Å². The number of rotatable bonds is 3. The van der Waals surface area contributed by atoms with E-state index in [1.807, 2.05) is 0 Å². The van der Waals surface area contributed by atoms with Gasteiger partial charge < -0.3 is 4.74 Å². The van der Waals surface area contributed by atoms with Crippen LogP contribution in [0.1, 0.15) is 30.0 Å². The zero-order chi connectivity index (χ0) is 13.1.